The van der Waals surface area contributed by atoms with Crippen LogP contribution in [-0.2, 0) is 65.4 Å². The Bertz CT molecular complexity index is 2100. The smallest absolute Gasteiger partial charge is 0.462 e. The Balaban J connectivity index is 5.22. The zero-order valence-electron chi connectivity index (χ0n) is 72.6. The molecule has 0 rings (SSSR count). The molecule has 0 aliphatic carbocycles. The maximum absolute atomic E-state index is 13.2. The SMILES string of the molecule is CCCCCCCCCCCCCCCCCCCCCCCCC(=O)OC[C@H](COP(=O)(O)OC[C@@H](O)COP(=O)(O)OC[C@@H](COC(=O)CCCCCCCCCCCC(C)C)OC(=O)CCCCCCCCCCCCC(C)CC)OC(=O)CCCCCCCCCCCCCCCCCCCCCCCC. The average molecular weight is 1610 g/mol. The first-order valence-electron chi connectivity index (χ1n) is 47.0. The minimum absolute atomic E-state index is 0.106. The number of carbonyl (C=O) groups is 4. The van der Waals surface area contributed by atoms with Gasteiger partial charge in [0.15, 0.2) is 12.2 Å². The number of esters is 4. The van der Waals surface area contributed by atoms with E-state index in [1.165, 1.54) is 308 Å². The Morgan fingerprint density at radius 1 is 0.264 bits per heavy atom. The fraction of sp³-hybridized carbons (Fsp3) is 0.956. The van der Waals surface area contributed by atoms with Crippen LogP contribution in [0.3, 0.4) is 0 Å². The molecule has 0 fully saturated rings. The molecule has 0 spiro atoms. The predicted octanol–water partition coefficient (Wildman–Crippen LogP) is 28.2. The van der Waals surface area contributed by atoms with Gasteiger partial charge in [-0.05, 0) is 37.5 Å². The molecule has 0 radical (unpaired) electrons. The van der Waals surface area contributed by atoms with Gasteiger partial charge in [0.1, 0.15) is 19.3 Å². The van der Waals surface area contributed by atoms with E-state index in [0.717, 1.165) is 102 Å². The van der Waals surface area contributed by atoms with Gasteiger partial charge in [-0.15, -0.1) is 0 Å². The third-order valence-electron chi connectivity index (χ3n) is 21.8. The fourth-order valence-corrected chi connectivity index (χ4v) is 15.9. The molecule has 19 heteroatoms. The Kier molecular flexibility index (Phi) is 80.7. The van der Waals surface area contributed by atoms with E-state index in [4.69, 9.17) is 37.0 Å². The highest BCUT2D eigenvalue weighted by atomic mass is 31.2. The lowest BCUT2D eigenvalue weighted by Crippen LogP contribution is -2.30. The van der Waals surface area contributed by atoms with Crippen LogP contribution in [0.2, 0.25) is 0 Å². The van der Waals surface area contributed by atoms with Gasteiger partial charge < -0.3 is 33.8 Å². The second-order valence-corrected chi connectivity index (χ2v) is 36.3. The molecular weight excluding hydrogens is 1430 g/mol. The van der Waals surface area contributed by atoms with Crippen molar-refractivity contribution < 1.29 is 80.2 Å². The van der Waals surface area contributed by atoms with Gasteiger partial charge in [0, 0.05) is 25.7 Å². The van der Waals surface area contributed by atoms with Gasteiger partial charge in [-0.2, -0.15) is 0 Å². The number of rotatable bonds is 90. The standard InChI is InChI=1S/C91H178O17P2/c1-7-10-12-14-16-18-20-22-24-26-28-30-32-34-36-38-40-42-49-55-61-67-73-88(93)101-79-86(107-90(95)75-69-63-57-50-43-41-39-37-35-33-31-29-27-25-23-21-19-17-15-13-11-8-2)81-105-109(97,98)103-77-85(92)78-104-110(99,100)106-82-87(80-102-89(94)74-68-62-56-52-46-47-53-59-65-71-83(4)5)108-91(96)76-70-64-58-51-45-44-48-54-60-66-72-84(6)9-3/h83-87,92H,7-82H2,1-6H3,(H,97,98)(H,99,100)/t84?,85-,86-,87-/m1/s1. The summed E-state index contributed by atoms with van der Waals surface area (Å²) in [6, 6.07) is 0. The van der Waals surface area contributed by atoms with Gasteiger partial charge in [0.2, 0.25) is 0 Å². The normalized spacial score (nSPS) is 14.0. The van der Waals surface area contributed by atoms with Gasteiger partial charge >= 0.3 is 39.5 Å². The molecule has 0 saturated heterocycles. The molecule has 0 aliphatic rings. The summed E-state index contributed by atoms with van der Waals surface area (Å²) < 4.78 is 69.0. The van der Waals surface area contributed by atoms with Crippen LogP contribution in [0.1, 0.15) is 491 Å². The van der Waals surface area contributed by atoms with Crippen molar-refractivity contribution in [3.63, 3.8) is 0 Å². The van der Waals surface area contributed by atoms with Crippen LogP contribution in [0, 0.1) is 11.8 Å². The van der Waals surface area contributed by atoms with E-state index in [0.29, 0.717) is 25.7 Å². The van der Waals surface area contributed by atoms with E-state index >= 15 is 0 Å². The third-order valence-corrected chi connectivity index (χ3v) is 23.7. The molecule has 6 atom stereocenters. The molecule has 0 amide bonds. The van der Waals surface area contributed by atoms with E-state index < -0.39 is 97.5 Å². The molecule has 0 saturated carbocycles. The van der Waals surface area contributed by atoms with E-state index in [1.54, 1.807) is 0 Å². The summed E-state index contributed by atoms with van der Waals surface area (Å²) in [6.07, 6.45) is 76.6. The van der Waals surface area contributed by atoms with Crippen LogP contribution in [0.25, 0.3) is 0 Å². The van der Waals surface area contributed by atoms with E-state index in [9.17, 15) is 43.2 Å². The molecule has 3 unspecified atom stereocenters. The summed E-state index contributed by atoms with van der Waals surface area (Å²) in [4.78, 5) is 73.4. The highest BCUT2D eigenvalue weighted by Gasteiger charge is 2.31. The molecule has 110 heavy (non-hydrogen) atoms. The molecule has 0 aromatic rings. The Morgan fingerprint density at radius 2 is 0.464 bits per heavy atom. The van der Waals surface area contributed by atoms with Crippen molar-refractivity contribution in [2.75, 3.05) is 39.6 Å². The Hall–Kier alpha value is -1.94. The number of hydrogen-bond acceptors (Lipinski definition) is 15. The molecule has 17 nitrogen and oxygen atoms in total. The molecule has 0 aromatic carbocycles. The van der Waals surface area contributed by atoms with Gasteiger partial charge in [0.25, 0.3) is 0 Å². The first-order chi connectivity index (χ1) is 53.4. The number of phosphoric acid groups is 2. The summed E-state index contributed by atoms with van der Waals surface area (Å²) in [5.41, 5.74) is 0. The quantitative estimate of drug-likeness (QED) is 0.0222. The van der Waals surface area contributed by atoms with Crippen LogP contribution in [0.5, 0.6) is 0 Å². The van der Waals surface area contributed by atoms with E-state index in [2.05, 4.69) is 41.5 Å². The van der Waals surface area contributed by atoms with Crippen LogP contribution in [0.15, 0.2) is 0 Å². The average Bonchev–Trinajstić information content (AvgIpc) is 0.905. The van der Waals surface area contributed by atoms with Crippen molar-refractivity contribution in [1.82, 2.24) is 0 Å². The molecule has 0 aromatic heterocycles. The Morgan fingerprint density at radius 3 is 0.691 bits per heavy atom. The second-order valence-electron chi connectivity index (χ2n) is 33.4. The fourth-order valence-electron chi connectivity index (χ4n) is 14.3. The van der Waals surface area contributed by atoms with Crippen molar-refractivity contribution in [3.8, 4) is 0 Å². The largest absolute Gasteiger partial charge is 0.472 e. The minimum atomic E-state index is -4.97. The molecule has 3 N–H and O–H groups in total. The molecule has 0 bridgehead atoms. The first-order valence-corrected chi connectivity index (χ1v) is 50.0. The monoisotopic (exact) mass is 1610 g/mol. The Labute approximate surface area is 677 Å². The molecule has 0 aliphatic heterocycles. The minimum Gasteiger partial charge on any atom is -0.462 e. The number of aliphatic hydroxyl groups is 1. The maximum Gasteiger partial charge on any atom is 0.472 e. The number of unbranched alkanes of at least 4 members (excludes halogenated alkanes) is 59. The van der Waals surface area contributed by atoms with Gasteiger partial charge in [-0.3, -0.25) is 37.3 Å². The van der Waals surface area contributed by atoms with Gasteiger partial charge in [0.05, 0.1) is 26.4 Å². The zero-order valence-corrected chi connectivity index (χ0v) is 74.4. The van der Waals surface area contributed by atoms with Crippen molar-refractivity contribution in [2.45, 2.75) is 509 Å². The number of aliphatic hydroxyl groups excluding tert-OH is 1. The number of carbonyl (C=O) groups excluding carboxylic acids is 4. The van der Waals surface area contributed by atoms with Gasteiger partial charge in [-0.1, -0.05) is 440 Å². The van der Waals surface area contributed by atoms with Crippen molar-refractivity contribution in [2.24, 2.45) is 11.8 Å². The van der Waals surface area contributed by atoms with Gasteiger partial charge in [-0.25, -0.2) is 9.13 Å². The van der Waals surface area contributed by atoms with Crippen molar-refractivity contribution in [1.29, 1.82) is 0 Å². The topological polar surface area (TPSA) is 237 Å². The molecular formula is C91H178O17P2. The molecule has 0 heterocycles. The third kappa shape index (κ3) is 82.6. The second kappa shape index (κ2) is 82.2. The highest BCUT2D eigenvalue weighted by molar-refractivity contribution is 7.47. The summed E-state index contributed by atoms with van der Waals surface area (Å²) in [5, 5.41) is 10.7. The van der Waals surface area contributed by atoms with Crippen LogP contribution >= 0.6 is 15.6 Å². The van der Waals surface area contributed by atoms with Crippen LogP contribution < -0.4 is 0 Å². The van der Waals surface area contributed by atoms with Crippen molar-refractivity contribution in [3.05, 3.63) is 0 Å². The zero-order chi connectivity index (χ0) is 80.6. The predicted molar refractivity (Wildman–Crippen MR) is 455 cm³/mol. The first kappa shape index (κ1) is 108. The number of ether oxygens (including phenoxy) is 4. The number of hydrogen-bond donors (Lipinski definition) is 3. The summed E-state index contributed by atoms with van der Waals surface area (Å²) >= 11 is 0. The lowest BCUT2D eigenvalue weighted by atomic mass is 9.99. The summed E-state index contributed by atoms with van der Waals surface area (Å²) in [5.74, 6) is -0.553. The summed E-state index contributed by atoms with van der Waals surface area (Å²) in [7, 11) is -9.94. The van der Waals surface area contributed by atoms with E-state index in [-0.39, 0.29) is 25.7 Å². The lowest BCUT2D eigenvalue weighted by molar-refractivity contribution is -0.161. The highest BCUT2D eigenvalue weighted by Crippen LogP contribution is 2.45. The summed E-state index contributed by atoms with van der Waals surface area (Å²) in [6.45, 7) is 9.69. The maximum atomic E-state index is 13.2. The van der Waals surface area contributed by atoms with E-state index in [1.807, 2.05) is 0 Å². The van der Waals surface area contributed by atoms with Crippen LogP contribution in [0.4, 0.5) is 0 Å². The van der Waals surface area contributed by atoms with Crippen molar-refractivity contribution >= 4 is 39.5 Å². The van der Waals surface area contributed by atoms with Crippen LogP contribution in [-0.4, -0.2) is 96.7 Å². The molecule has 654 valence electrons. The number of phosphoric ester groups is 2. The lowest BCUT2D eigenvalue weighted by Gasteiger charge is -2.21.